The smallest absolute Gasteiger partial charge is 0.285 e. The maximum absolute atomic E-state index is 12.3. The largest absolute Gasteiger partial charge is 0.495 e. The molecule has 0 unspecified atom stereocenters. The Balaban J connectivity index is 1.86. The molecule has 1 fully saturated rings. The topological polar surface area (TPSA) is 111 Å². The van der Waals surface area contributed by atoms with Gasteiger partial charge in [0.2, 0.25) is 0 Å². The molecule has 0 aliphatic heterocycles. The second-order valence-electron chi connectivity index (χ2n) is 5.53. The van der Waals surface area contributed by atoms with Gasteiger partial charge in [-0.2, -0.15) is 5.10 Å². The van der Waals surface area contributed by atoms with Crippen molar-refractivity contribution in [1.29, 1.82) is 0 Å². The number of hydrogen-bond acceptors (Lipinski definition) is 7. The average Bonchev–Trinajstić information content (AvgIpc) is 3.38. The zero-order valence-electron chi connectivity index (χ0n) is 13.2. The first-order chi connectivity index (χ1) is 11.4. The molecule has 2 heterocycles. The Morgan fingerprint density at radius 2 is 2.08 bits per heavy atom. The Kier molecular flexibility index (Phi) is 4.18. The van der Waals surface area contributed by atoms with Gasteiger partial charge in [0.25, 0.3) is 15.9 Å². The minimum absolute atomic E-state index is 0.0622. The number of carbonyl (C=O) groups excluding carboxylic acids is 1. The van der Waals surface area contributed by atoms with Crippen LogP contribution in [0.1, 0.15) is 40.5 Å². The van der Waals surface area contributed by atoms with Crippen LogP contribution in [-0.4, -0.2) is 36.6 Å². The quantitative estimate of drug-likeness (QED) is 0.863. The van der Waals surface area contributed by atoms with E-state index >= 15 is 0 Å². The molecule has 8 nitrogen and oxygen atoms in total. The van der Waals surface area contributed by atoms with Gasteiger partial charge in [-0.3, -0.25) is 9.78 Å². The van der Waals surface area contributed by atoms with Crippen molar-refractivity contribution in [1.82, 2.24) is 19.9 Å². The van der Waals surface area contributed by atoms with Crippen LogP contribution in [0.4, 0.5) is 0 Å². The summed E-state index contributed by atoms with van der Waals surface area (Å²) in [7, 11) is -2.57. The Morgan fingerprint density at radius 1 is 1.33 bits per heavy atom. The molecular formula is C15H16N4O4S. The zero-order valence-corrected chi connectivity index (χ0v) is 14.0. The van der Waals surface area contributed by atoms with Crippen molar-refractivity contribution in [2.45, 2.75) is 30.6 Å². The highest BCUT2D eigenvalue weighted by atomic mass is 32.2. The van der Waals surface area contributed by atoms with Crippen molar-refractivity contribution >= 4 is 15.9 Å². The number of methoxy groups -OCH3 is 1. The summed E-state index contributed by atoms with van der Waals surface area (Å²) in [6.45, 7) is 1.62. The summed E-state index contributed by atoms with van der Waals surface area (Å²) < 4.78 is 31.9. The van der Waals surface area contributed by atoms with Gasteiger partial charge in [0.15, 0.2) is 5.69 Å². The van der Waals surface area contributed by atoms with Crippen LogP contribution < -0.4 is 9.46 Å². The summed E-state index contributed by atoms with van der Waals surface area (Å²) in [6.07, 6.45) is 4.67. The average molecular weight is 348 g/mol. The summed E-state index contributed by atoms with van der Waals surface area (Å²) in [5.74, 6) is -0.134. The van der Waals surface area contributed by atoms with Gasteiger partial charge in [-0.1, -0.05) is 0 Å². The summed E-state index contributed by atoms with van der Waals surface area (Å²) in [5, 5.41) is 7.84. The van der Waals surface area contributed by atoms with Crippen LogP contribution in [0.5, 0.6) is 5.75 Å². The predicted molar refractivity (Wildman–Crippen MR) is 84.2 cm³/mol. The third kappa shape index (κ3) is 3.21. The molecule has 0 aromatic carbocycles. The van der Waals surface area contributed by atoms with Crippen molar-refractivity contribution in [3.05, 3.63) is 41.5 Å². The molecule has 24 heavy (non-hydrogen) atoms. The van der Waals surface area contributed by atoms with E-state index in [2.05, 4.69) is 15.2 Å². The fraction of sp³-hybridized carbons (Fsp3) is 0.333. The van der Waals surface area contributed by atoms with Crippen LogP contribution in [-0.2, 0) is 10.0 Å². The lowest BCUT2D eigenvalue weighted by Crippen LogP contribution is -2.32. The third-order valence-corrected chi connectivity index (χ3v) is 5.17. The number of rotatable bonds is 5. The molecule has 1 N–H and O–H groups in total. The number of aryl methyl sites for hydroxylation is 1. The van der Waals surface area contributed by atoms with Gasteiger partial charge in [0.05, 0.1) is 7.11 Å². The Bertz CT molecular complexity index is 894. The lowest BCUT2D eigenvalue weighted by molar-refractivity contribution is 0.0975. The van der Waals surface area contributed by atoms with Gasteiger partial charge >= 0.3 is 0 Å². The molecular weight excluding hydrogens is 332 g/mol. The van der Waals surface area contributed by atoms with Gasteiger partial charge < -0.3 is 4.74 Å². The van der Waals surface area contributed by atoms with Crippen LogP contribution in [0, 0.1) is 6.92 Å². The lowest BCUT2D eigenvalue weighted by atomic mass is 10.2. The summed E-state index contributed by atoms with van der Waals surface area (Å²) in [4.78, 5) is 16.0. The Labute approximate surface area is 139 Å². The first-order valence-corrected chi connectivity index (χ1v) is 8.80. The second kappa shape index (κ2) is 6.16. The Morgan fingerprint density at radius 3 is 2.71 bits per heavy atom. The van der Waals surface area contributed by atoms with Crippen LogP contribution in [0.2, 0.25) is 0 Å². The van der Waals surface area contributed by atoms with Crippen LogP contribution in [0.25, 0.3) is 0 Å². The normalized spacial score (nSPS) is 14.2. The number of nitrogens with zero attached hydrogens (tertiary/aromatic N) is 3. The summed E-state index contributed by atoms with van der Waals surface area (Å²) in [6, 6.07) is 2.95. The molecule has 2 aromatic heterocycles. The van der Waals surface area contributed by atoms with Crippen molar-refractivity contribution in [2.75, 3.05) is 7.11 Å². The molecule has 1 saturated carbocycles. The number of sulfonamides is 1. The van der Waals surface area contributed by atoms with E-state index in [1.807, 2.05) is 4.72 Å². The molecule has 0 atom stereocenters. The molecule has 0 spiro atoms. The van der Waals surface area contributed by atoms with Gasteiger partial charge in [-0.05, 0) is 31.4 Å². The summed E-state index contributed by atoms with van der Waals surface area (Å²) >= 11 is 0. The SMILES string of the molecule is COc1cc(C(=O)NS(=O)(=O)c2cnccc2C)nnc1C1CC1. The molecule has 3 rings (SSSR count). The molecule has 1 aliphatic carbocycles. The highest BCUT2D eigenvalue weighted by Crippen LogP contribution is 2.42. The summed E-state index contributed by atoms with van der Waals surface area (Å²) in [5.41, 5.74) is 1.06. The molecule has 0 saturated heterocycles. The van der Waals surface area contributed by atoms with Crippen molar-refractivity contribution in [2.24, 2.45) is 0 Å². The molecule has 0 bridgehead atoms. The maximum atomic E-state index is 12.3. The molecule has 1 amide bonds. The highest BCUT2D eigenvalue weighted by Gasteiger charge is 2.30. The highest BCUT2D eigenvalue weighted by molar-refractivity contribution is 7.90. The van der Waals surface area contributed by atoms with E-state index < -0.39 is 15.9 Å². The van der Waals surface area contributed by atoms with Gasteiger partial charge in [-0.15, -0.1) is 5.10 Å². The van der Waals surface area contributed by atoms with E-state index in [1.165, 1.54) is 25.6 Å². The number of amides is 1. The predicted octanol–water partition coefficient (Wildman–Crippen LogP) is 1.18. The minimum Gasteiger partial charge on any atom is -0.495 e. The molecule has 2 aromatic rings. The fourth-order valence-corrected chi connectivity index (χ4v) is 3.41. The first kappa shape index (κ1) is 16.3. The number of carbonyl (C=O) groups is 1. The molecule has 1 aliphatic rings. The van der Waals surface area contributed by atoms with Gasteiger partial charge in [0.1, 0.15) is 16.3 Å². The number of nitrogens with one attached hydrogen (secondary N) is 1. The van der Waals surface area contributed by atoms with Gasteiger partial charge in [-0.25, -0.2) is 13.1 Å². The van der Waals surface area contributed by atoms with Crippen LogP contribution in [0.15, 0.2) is 29.4 Å². The standard InChI is InChI=1S/C15H16N4O4S/c1-9-5-6-16-8-13(9)24(21,22)19-15(20)11-7-12(23-2)14(18-17-11)10-3-4-10/h5-8,10H,3-4H2,1-2H3,(H,19,20). The first-order valence-electron chi connectivity index (χ1n) is 7.31. The fourth-order valence-electron chi connectivity index (χ4n) is 2.26. The molecule has 126 valence electrons. The third-order valence-electron chi connectivity index (χ3n) is 3.71. The van der Waals surface area contributed by atoms with E-state index in [4.69, 9.17) is 4.74 Å². The lowest BCUT2D eigenvalue weighted by Gasteiger charge is -2.10. The second-order valence-corrected chi connectivity index (χ2v) is 7.18. The van der Waals surface area contributed by atoms with E-state index in [9.17, 15) is 13.2 Å². The van der Waals surface area contributed by atoms with Crippen molar-refractivity contribution in [3.63, 3.8) is 0 Å². The monoisotopic (exact) mass is 348 g/mol. The van der Waals surface area contributed by atoms with E-state index in [1.54, 1.807) is 13.0 Å². The number of ether oxygens (including phenoxy) is 1. The minimum atomic E-state index is -4.04. The zero-order chi connectivity index (χ0) is 17.3. The maximum Gasteiger partial charge on any atom is 0.285 e. The van der Waals surface area contributed by atoms with Crippen LogP contribution in [0.3, 0.4) is 0 Å². The van der Waals surface area contributed by atoms with E-state index in [0.717, 1.165) is 12.8 Å². The molecule has 0 radical (unpaired) electrons. The Hall–Kier alpha value is -2.55. The molecule has 9 heteroatoms. The number of hydrogen-bond donors (Lipinski definition) is 1. The number of pyridine rings is 1. The number of aromatic nitrogens is 3. The van der Waals surface area contributed by atoms with Crippen LogP contribution >= 0.6 is 0 Å². The van der Waals surface area contributed by atoms with E-state index in [-0.39, 0.29) is 10.6 Å². The van der Waals surface area contributed by atoms with Gasteiger partial charge in [0, 0.05) is 24.4 Å². The van der Waals surface area contributed by atoms with E-state index in [0.29, 0.717) is 22.9 Å². The van der Waals surface area contributed by atoms with Crippen molar-refractivity contribution < 1.29 is 17.9 Å². The van der Waals surface area contributed by atoms with Crippen molar-refractivity contribution in [3.8, 4) is 5.75 Å².